The lowest BCUT2D eigenvalue weighted by Gasteiger charge is -2.33. The number of sulfonamides is 1. The molecule has 0 bridgehead atoms. The van der Waals surface area contributed by atoms with E-state index < -0.39 is 34.3 Å². The van der Waals surface area contributed by atoms with E-state index in [0.29, 0.717) is 28.6 Å². The first-order valence-corrected chi connectivity index (χ1v) is 13.3. The highest BCUT2D eigenvalue weighted by Crippen LogP contribution is 2.25. The first-order chi connectivity index (χ1) is 16.0. The Morgan fingerprint density at radius 1 is 1.12 bits per heavy atom. The fraction of sp³-hybridized carbons (Fsp3) is 0.391. The van der Waals surface area contributed by atoms with Gasteiger partial charge in [0.1, 0.15) is 18.4 Å². The van der Waals surface area contributed by atoms with Gasteiger partial charge in [-0.1, -0.05) is 49.2 Å². The average Bonchev–Trinajstić information content (AvgIpc) is 2.76. The summed E-state index contributed by atoms with van der Waals surface area (Å²) in [4.78, 5) is 27.7. The molecule has 0 saturated carbocycles. The number of nitrogens with one attached hydrogen (secondary N) is 1. The summed E-state index contributed by atoms with van der Waals surface area (Å²) in [5.41, 5.74) is 0.543. The summed E-state index contributed by atoms with van der Waals surface area (Å²) in [6.07, 6.45) is 1.92. The van der Waals surface area contributed by atoms with Crippen LogP contribution in [0.15, 0.2) is 42.5 Å². The van der Waals surface area contributed by atoms with Crippen molar-refractivity contribution < 1.29 is 22.4 Å². The standard InChI is InChI=1S/C23H28Cl2FN3O4S/c1-4-11-27-23(31)21(5-2)28(14-16-9-10-17(24)12-20(16)25)22(30)15-29(34(3,32)33)19-8-6-7-18(26)13-19/h6-10,12-13,21H,4-5,11,14-15H2,1-3H3,(H,27,31)/t21-/m1/s1. The molecule has 1 N–H and O–H groups in total. The van der Waals surface area contributed by atoms with Crippen LogP contribution in [0.25, 0.3) is 0 Å². The van der Waals surface area contributed by atoms with E-state index in [1.807, 2.05) is 6.92 Å². The van der Waals surface area contributed by atoms with Gasteiger partial charge in [-0.3, -0.25) is 13.9 Å². The zero-order chi connectivity index (χ0) is 25.5. The Balaban J connectivity index is 2.46. The number of rotatable bonds is 11. The van der Waals surface area contributed by atoms with Gasteiger partial charge in [-0.25, -0.2) is 12.8 Å². The number of halogens is 3. The van der Waals surface area contributed by atoms with Gasteiger partial charge in [0.15, 0.2) is 0 Å². The molecule has 0 aliphatic rings. The van der Waals surface area contributed by atoms with Crippen LogP contribution in [0.5, 0.6) is 0 Å². The average molecular weight is 532 g/mol. The van der Waals surface area contributed by atoms with Crippen molar-refractivity contribution in [3.05, 3.63) is 63.9 Å². The third-order valence-electron chi connectivity index (χ3n) is 5.07. The molecule has 11 heteroatoms. The minimum absolute atomic E-state index is 0.00353. The number of hydrogen-bond donors (Lipinski definition) is 1. The SMILES string of the molecule is CCCNC(=O)[C@@H](CC)N(Cc1ccc(Cl)cc1Cl)C(=O)CN(c1cccc(F)c1)S(C)(=O)=O. The van der Waals surface area contributed by atoms with Crippen molar-refractivity contribution in [1.29, 1.82) is 0 Å². The number of anilines is 1. The van der Waals surface area contributed by atoms with E-state index >= 15 is 0 Å². The molecule has 0 aliphatic carbocycles. The Kier molecular flexibility index (Phi) is 10.1. The van der Waals surface area contributed by atoms with Gasteiger partial charge in [0.05, 0.1) is 11.9 Å². The van der Waals surface area contributed by atoms with E-state index in [1.165, 1.54) is 29.2 Å². The summed E-state index contributed by atoms with van der Waals surface area (Å²) in [6.45, 7) is 3.41. The highest BCUT2D eigenvalue weighted by atomic mass is 35.5. The molecule has 2 aromatic rings. The summed E-state index contributed by atoms with van der Waals surface area (Å²) >= 11 is 12.3. The fourth-order valence-electron chi connectivity index (χ4n) is 3.36. The van der Waals surface area contributed by atoms with Crippen LogP contribution in [-0.2, 0) is 26.2 Å². The second-order valence-corrected chi connectivity index (χ2v) is 10.5. The summed E-state index contributed by atoms with van der Waals surface area (Å²) in [5.74, 6) is -1.65. The number of nitrogens with zero attached hydrogens (tertiary/aromatic N) is 2. The highest BCUT2D eigenvalue weighted by molar-refractivity contribution is 7.92. The second kappa shape index (κ2) is 12.4. The smallest absolute Gasteiger partial charge is 0.244 e. The van der Waals surface area contributed by atoms with Crippen molar-refractivity contribution >= 4 is 50.7 Å². The lowest BCUT2D eigenvalue weighted by atomic mass is 10.1. The van der Waals surface area contributed by atoms with E-state index in [0.717, 1.165) is 16.6 Å². The summed E-state index contributed by atoms with van der Waals surface area (Å²) < 4.78 is 39.6. The van der Waals surface area contributed by atoms with Gasteiger partial charge in [-0.15, -0.1) is 0 Å². The quantitative estimate of drug-likeness (QED) is 0.469. The van der Waals surface area contributed by atoms with Crippen LogP contribution in [-0.4, -0.2) is 50.5 Å². The largest absolute Gasteiger partial charge is 0.354 e. The molecule has 34 heavy (non-hydrogen) atoms. The van der Waals surface area contributed by atoms with Crippen LogP contribution in [0.1, 0.15) is 32.3 Å². The molecule has 2 aromatic carbocycles. The maximum Gasteiger partial charge on any atom is 0.244 e. The van der Waals surface area contributed by atoms with Crippen molar-refractivity contribution in [2.75, 3.05) is 23.7 Å². The fourth-order valence-corrected chi connectivity index (χ4v) is 4.67. The molecule has 0 fully saturated rings. The van der Waals surface area contributed by atoms with Crippen LogP contribution in [0.2, 0.25) is 10.0 Å². The van der Waals surface area contributed by atoms with Crippen molar-refractivity contribution in [2.45, 2.75) is 39.3 Å². The number of carbonyl (C=O) groups excluding carboxylic acids is 2. The third kappa shape index (κ3) is 7.58. The van der Waals surface area contributed by atoms with E-state index in [4.69, 9.17) is 23.2 Å². The van der Waals surface area contributed by atoms with Crippen molar-refractivity contribution in [2.24, 2.45) is 0 Å². The van der Waals surface area contributed by atoms with Crippen LogP contribution in [0.4, 0.5) is 10.1 Å². The molecule has 0 heterocycles. The van der Waals surface area contributed by atoms with Crippen LogP contribution in [0, 0.1) is 5.82 Å². The minimum atomic E-state index is -3.94. The predicted molar refractivity (Wildman–Crippen MR) is 133 cm³/mol. The summed E-state index contributed by atoms with van der Waals surface area (Å²) in [7, 11) is -3.94. The molecule has 0 unspecified atom stereocenters. The Labute approximate surface area is 209 Å². The molecule has 2 amide bonds. The first kappa shape index (κ1) is 27.9. The van der Waals surface area contributed by atoms with Gasteiger partial charge in [0, 0.05) is 23.1 Å². The zero-order valence-corrected chi connectivity index (χ0v) is 21.6. The van der Waals surface area contributed by atoms with Gasteiger partial charge in [0.25, 0.3) is 0 Å². The number of amides is 2. The third-order valence-corrected chi connectivity index (χ3v) is 6.79. The van der Waals surface area contributed by atoms with E-state index in [1.54, 1.807) is 19.1 Å². The molecule has 7 nitrogen and oxygen atoms in total. The molecular weight excluding hydrogens is 504 g/mol. The van der Waals surface area contributed by atoms with Crippen molar-refractivity contribution in [3.63, 3.8) is 0 Å². The van der Waals surface area contributed by atoms with E-state index in [-0.39, 0.29) is 24.6 Å². The molecule has 0 aliphatic heterocycles. The molecule has 2 rings (SSSR count). The molecular formula is C23H28Cl2FN3O4S. The number of hydrogen-bond acceptors (Lipinski definition) is 4. The Morgan fingerprint density at radius 2 is 1.82 bits per heavy atom. The van der Waals surface area contributed by atoms with E-state index in [9.17, 15) is 22.4 Å². The molecule has 0 aromatic heterocycles. The van der Waals surface area contributed by atoms with Crippen LogP contribution >= 0.6 is 23.2 Å². The minimum Gasteiger partial charge on any atom is -0.354 e. The van der Waals surface area contributed by atoms with Gasteiger partial charge in [-0.05, 0) is 48.7 Å². The monoisotopic (exact) mass is 531 g/mol. The maximum atomic E-state index is 13.8. The zero-order valence-electron chi connectivity index (χ0n) is 19.2. The van der Waals surface area contributed by atoms with Gasteiger partial charge in [-0.2, -0.15) is 0 Å². The van der Waals surface area contributed by atoms with Crippen molar-refractivity contribution in [1.82, 2.24) is 10.2 Å². The normalized spacial score (nSPS) is 12.2. The lowest BCUT2D eigenvalue weighted by molar-refractivity contribution is -0.140. The molecule has 0 saturated heterocycles. The Hall–Kier alpha value is -2.36. The van der Waals surface area contributed by atoms with E-state index in [2.05, 4.69) is 5.32 Å². The molecule has 186 valence electrons. The first-order valence-electron chi connectivity index (χ1n) is 10.7. The predicted octanol–water partition coefficient (Wildman–Crippen LogP) is 4.23. The van der Waals surface area contributed by atoms with Crippen LogP contribution in [0.3, 0.4) is 0 Å². The van der Waals surface area contributed by atoms with Crippen LogP contribution < -0.4 is 9.62 Å². The number of benzene rings is 2. The van der Waals surface area contributed by atoms with Gasteiger partial charge >= 0.3 is 0 Å². The lowest BCUT2D eigenvalue weighted by Crippen LogP contribution is -2.52. The Morgan fingerprint density at radius 3 is 2.38 bits per heavy atom. The maximum absolute atomic E-state index is 13.8. The molecule has 0 spiro atoms. The summed E-state index contributed by atoms with van der Waals surface area (Å²) in [6, 6.07) is 8.84. The van der Waals surface area contributed by atoms with Gasteiger partial charge in [0.2, 0.25) is 21.8 Å². The Bertz CT molecular complexity index is 1130. The molecule has 1 atom stereocenters. The molecule has 0 radical (unpaired) electrons. The van der Waals surface area contributed by atoms with Gasteiger partial charge < -0.3 is 10.2 Å². The van der Waals surface area contributed by atoms with Crippen molar-refractivity contribution in [3.8, 4) is 0 Å². The highest BCUT2D eigenvalue weighted by Gasteiger charge is 2.32. The summed E-state index contributed by atoms with van der Waals surface area (Å²) in [5, 5.41) is 3.50. The number of carbonyl (C=O) groups is 2. The second-order valence-electron chi connectivity index (χ2n) is 7.72. The topological polar surface area (TPSA) is 86.8 Å².